The van der Waals surface area contributed by atoms with Gasteiger partial charge in [-0.1, -0.05) is 48.5 Å². The number of benzene rings is 2. The van der Waals surface area contributed by atoms with Gasteiger partial charge in [0, 0.05) is 5.54 Å². The minimum atomic E-state index is -0.292. The standard InChI is InChI=1S/C14H10Cl2Si/c15-14(16)17-13-11-7-3-1-5-9(11)10-6-2-4-8-12(10)13/h1-8,13-14H. The Morgan fingerprint density at radius 1 is 0.824 bits per heavy atom. The number of rotatable bonds is 2. The first-order valence-electron chi connectivity index (χ1n) is 5.50. The third kappa shape index (κ3) is 1.93. The molecule has 0 unspecified atom stereocenters. The van der Waals surface area contributed by atoms with Crippen LogP contribution in [0.4, 0.5) is 0 Å². The van der Waals surface area contributed by atoms with Crippen LogP contribution in [0.3, 0.4) is 0 Å². The van der Waals surface area contributed by atoms with E-state index < -0.39 is 0 Å². The maximum Gasteiger partial charge on any atom is 0.0979 e. The largest absolute Gasteiger partial charge is 0.110 e. The summed E-state index contributed by atoms with van der Waals surface area (Å²) in [5, 5.41) is 0. The highest BCUT2D eigenvalue weighted by Crippen LogP contribution is 2.44. The van der Waals surface area contributed by atoms with Crippen LogP contribution >= 0.6 is 23.2 Å². The van der Waals surface area contributed by atoms with Crippen molar-refractivity contribution in [3.63, 3.8) is 0 Å². The molecule has 1 aliphatic rings. The SMILES string of the molecule is ClC(Cl)[Si]C1c2ccccc2-c2ccccc21. The van der Waals surface area contributed by atoms with Crippen LogP contribution in [0.1, 0.15) is 16.7 Å². The Hall–Kier alpha value is -0.763. The third-order valence-electron chi connectivity index (χ3n) is 3.13. The second-order valence-electron chi connectivity index (χ2n) is 4.07. The van der Waals surface area contributed by atoms with Gasteiger partial charge in [0.2, 0.25) is 0 Å². The highest BCUT2D eigenvalue weighted by atomic mass is 35.5. The fourth-order valence-corrected chi connectivity index (χ4v) is 4.33. The zero-order valence-corrected chi connectivity index (χ0v) is 11.5. The van der Waals surface area contributed by atoms with Gasteiger partial charge in [0.1, 0.15) is 0 Å². The maximum atomic E-state index is 5.97. The molecule has 0 amide bonds. The van der Waals surface area contributed by atoms with E-state index in [0.29, 0.717) is 15.1 Å². The molecule has 0 aromatic heterocycles. The molecule has 0 N–H and O–H groups in total. The topological polar surface area (TPSA) is 0 Å². The molecule has 0 saturated heterocycles. The average Bonchev–Trinajstić information content (AvgIpc) is 2.65. The van der Waals surface area contributed by atoms with Gasteiger partial charge in [0.25, 0.3) is 0 Å². The van der Waals surface area contributed by atoms with Gasteiger partial charge >= 0.3 is 0 Å². The molecule has 0 atom stereocenters. The monoisotopic (exact) mass is 276 g/mol. The molecule has 2 radical (unpaired) electrons. The van der Waals surface area contributed by atoms with Crippen LogP contribution in [-0.4, -0.2) is 14.0 Å². The lowest BCUT2D eigenvalue weighted by molar-refractivity contribution is 1.17. The van der Waals surface area contributed by atoms with Gasteiger partial charge in [-0.2, -0.15) is 0 Å². The van der Waals surface area contributed by atoms with Crippen molar-refractivity contribution >= 4 is 32.7 Å². The van der Waals surface area contributed by atoms with Crippen LogP contribution in [0.2, 0.25) is 0 Å². The van der Waals surface area contributed by atoms with Crippen LogP contribution < -0.4 is 0 Å². The molecule has 17 heavy (non-hydrogen) atoms. The fourth-order valence-electron chi connectivity index (χ4n) is 2.46. The van der Waals surface area contributed by atoms with Crippen molar-refractivity contribution in [3.8, 4) is 11.1 Å². The van der Waals surface area contributed by atoms with Crippen molar-refractivity contribution < 1.29 is 0 Å². The van der Waals surface area contributed by atoms with E-state index in [4.69, 9.17) is 23.2 Å². The van der Waals surface area contributed by atoms with Crippen LogP contribution in [0.15, 0.2) is 48.5 Å². The second-order valence-corrected chi connectivity index (χ2v) is 7.39. The lowest BCUT2D eigenvalue weighted by Gasteiger charge is -2.12. The highest BCUT2D eigenvalue weighted by molar-refractivity contribution is 6.69. The van der Waals surface area contributed by atoms with Crippen molar-refractivity contribution in [3.05, 3.63) is 59.7 Å². The Morgan fingerprint density at radius 2 is 1.29 bits per heavy atom. The number of hydrogen-bond acceptors (Lipinski definition) is 0. The minimum absolute atomic E-state index is 0.292. The summed E-state index contributed by atoms with van der Waals surface area (Å²) >= 11 is 11.9. The zero-order valence-electron chi connectivity index (χ0n) is 9.03. The van der Waals surface area contributed by atoms with Crippen molar-refractivity contribution in [1.82, 2.24) is 0 Å². The van der Waals surface area contributed by atoms with Crippen molar-refractivity contribution in [2.24, 2.45) is 0 Å². The van der Waals surface area contributed by atoms with Crippen LogP contribution in [0.5, 0.6) is 0 Å². The Kier molecular flexibility index (Phi) is 2.99. The third-order valence-corrected chi connectivity index (χ3v) is 5.09. The summed E-state index contributed by atoms with van der Waals surface area (Å²) in [4.78, 5) is 0. The van der Waals surface area contributed by atoms with Gasteiger partial charge in [0.05, 0.1) is 14.0 Å². The molecule has 0 heterocycles. The molecule has 0 aliphatic heterocycles. The van der Waals surface area contributed by atoms with E-state index in [9.17, 15) is 0 Å². The molecule has 0 saturated carbocycles. The fraction of sp³-hybridized carbons (Fsp3) is 0.143. The predicted octanol–water partition coefficient (Wildman–Crippen LogP) is 4.22. The Bertz CT molecular complexity index is 506. The summed E-state index contributed by atoms with van der Waals surface area (Å²) < 4.78 is -0.292. The van der Waals surface area contributed by atoms with E-state index in [0.717, 1.165) is 0 Å². The second kappa shape index (κ2) is 4.49. The Morgan fingerprint density at radius 3 is 1.76 bits per heavy atom. The molecule has 0 bridgehead atoms. The van der Waals surface area contributed by atoms with Crippen molar-refractivity contribution in [1.29, 1.82) is 0 Å². The van der Waals surface area contributed by atoms with Crippen molar-refractivity contribution in [2.45, 2.75) is 10.0 Å². The number of alkyl halides is 2. The lowest BCUT2D eigenvalue weighted by atomic mass is 10.1. The van der Waals surface area contributed by atoms with E-state index in [1.54, 1.807) is 0 Å². The highest BCUT2D eigenvalue weighted by Gasteiger charge is 2.29. The summed E-state index contributed by atoms with van der Waals surface area (Å²) in [6.07, 6.45) is 0. The normalized spacial score (nSPS) is 13.8. The lowest BCUT2D eigenvalue weighted by Crippen LogP contribution is -2.13. The van der Waals surface area contributed by atoms with Gasteiger partial charge in [-0.15, -0.1) is 23.2 Å². The van der Waals surface area contributed by atoms with Crippen molar-refractivity contribution in [2.75, 3.05) is 0 Å². The van der Waals surface area contributed by atoms with Crippen LogP contribution in [-0.2, 0) is 0 Å². The van der Waals surface area contributed by atoms with Gasteiger partial charge in [0.15, 0.2) is 0 Å². The summed E-state index contributed by atoms with van der Waals surface area (Å²) in [7, 11) is 0.507. The minimum Gasteiger partial charge on any atom is -0.110 e. The molecule has 84 valence electrons. The summed E-state index contributed by atoms with van der Waals surface area (Å²) in [5.74, 6) is 0. The quantitative estimate of drug-likeness (QED) is 0.569. The molecule has 3 heteroatoms. The molecular formula is C14H10Cl2Si. The molecule has 0 nitrogen and oxygen atoms in total. The molecule has 3 rings (SSSR count). The van der Waals surface area contributed by atoms with Crippen LogP contribution in [0.25, 0.3) is 11.1 Å². The molecule has 0 fully saturated rings. The first kappa shape index (κ1) is 11.3. The molecule has 1 aliphatic carbocycles. The maximum absolute atomic E-state index is 5.97. The smallest absolute Gasteiger partial charge is 0.0979 e. The Labute approximate surface area is 113 Å². The van der Waals surface area contributed by atoms with E-state index >= 15 is 0 Å². The first-order valence-corrected chi connectivity index (χ1v) is 7.52. The van der Waals surface area contributed by atoms with E-state index in [-0.39, 0.29) is 4.46 Å². The average molecular weight is 277 g/mol. The molecule has 2 aromatic carbocycles. The van der Waals surface area contributed by atoms with Gasteiger partial charge in [-0.25, -0.2) is 0 Å². The molecule has 2 aromatic rings. The van der Waals surface area contributed by atoms with Crippen LogP contribution in [0, 0.1) is 0 Å². The Balaban J connectivity index is 2.17. The van der Waals surface area contributed by atoms with Gasteiger partial charge in [-0.3, -0.25) is 0 Å². The number of hydrogen-bond donors (Lipinski definition) is 0. The van der Waals surface area contributed by atoms with E-state index in [1.807, 2.05) is 0 Å². The predicted molar refractivity (Wildman–Crippen MR) is 75.0 cm³/mol. The molecule has 0 spiro atoms. The number of fused-ring (bicyclic) bond motifs is 3. The zero-order chi connectivity index (χ0) is 11.8. The summed E-state index contributed by atoms with van der Waals surface area (Å²) in [6.45, 7) is 0. The van der Waals surface area contributed by atoms with Gasteiger partial charge in [-0.05, 0) is 22.3 Å². The molecular weight excluding hydrogens is 267 g/mol. The van der Waals surface area contributed by atoms with E-state index in [1.165, 1.54) is 22.3 Å². The van der Waals surface area contributed by atoms with Gasteiger partial charge < -0.3 is 0 Å². The summed E-state index contributed by atoms with van der Waals surface area (Å²) in [5.41, 5.74) is 5.74. The first-order chi connectivity index (χ1) is 8.27. The van der Waals surface area contributed by atoms with E-state index in [2.05, 4.69) is 48.5 Å². The number of halogens is 2. The summed E-state index contributed by atoms with van der Waals surface area (Å²) in [6, 6.07) is 17.1.